The van der Waals surface area contributed by atoms with E-state index in [4.69, 9.17) is 0 Å². The lowest BCUT2D eigenvalue weighted by atomic mass is 10.1. The molecular formula is C22H22N4O. The molecule has 1 aliphatic rings. The molecule has 0 saturated heterocycles. The number of carbonyl (C=O) groups excluding carboxylic acids is 1. The number of anilines is 3. The maximum atomic E-state index is 12.8. The van der Waals surface area contributed by atoms with Gasteiger partial charge in [0.05, 0.1) is 0 Å². The molecule has 2 heterocycles. The van der Waals surface area contributed by atoms with Gasteiger partial charge in [-0.25, -0.2) is 9.97 Å². The van der Waals surface area contributed by atoms with Crippen molar-refractivity contribution in [3.8, 4) is 0 Å². The summed E-state index contributed by atoms with van der Waals surface area (Å²) in [6.45, 7) is 6.75. The van der Waals surface area contributed by atoms with E-state index in [9.17, 15) is 4.79 Å². The third kappa shape index (κ3) is 3.40. The number of carbonyl (C=O) groups is 1. The quantitative estimate of drug-likeness (QED) is 0.756. The van der Waals surface area contributed by atoms with Crippen LogP contribution in [0.1, 0.15) is 33.0 Å². The monoisotopic (exact) mass is 358 g/mol. The van der Waals surface area contributed by atoms with E-state index in [0.29, 0.717) is 11.5 Å². The zero-order chi connectivity index (χ0) is 19.0. The summed E-state index contributed by atoms with van der Waals surface area (Å²) in [5.41, 5.74) is 5.93. The Labute approximate surface area is 159 Å². The van der Waals surface area contributed by atoms with Gasteiger partial charge >= 0.3 is 0 Å². The van der Waals surface area contributed by atoms with E-state index in [0.717, 1.165) is 35.7 Å². The number of nitrogens with zero attached hydrogens (tertiary/aromatic N) is 3. The van der Waals surface area contributed by atoms with Crippen LogP contribution in [0.3, 0.4) is 0 Å². The van der Waals surface area contributed by atoms with Gasteiger partial charge in [0, 0.05) is 24.0 Å². The summed E-state index contributed by atoms with van der Waals surface area (Å²) < 4.78 is 0. The van der Waals surface area contributed by atoms with E-state index < -0.39 is 0 Å². The van der Waals surface area contributed by atoms with Gasteiger partial charge in [-0.3, -0.25) is 4.79 Å². The lowest BCUT2D eigenvalue weighted by Crippen LogP contribution is -2.19. The van der Waals surface area contributed by atoms with Crippen molar-refractivity contribution in [2.75, 3.05) is 16.8 Å². The minimum atomic E-state index is -0.225. The Morgan fingerprint density at radius 3 is 2.63 bits per heavy atom. The normalized spacial score (nSPS) is 12.8. The number of nitrogens with one attached hydrogen (secondary N) is 1. The van der Waals surface area contributed by atoms with Gasteiger partial charge in [0.25, 0.3) is 5.91 Å². The molecule has 0 fully saturated rings. The average Bonchev–Trinajstić information content (AvgIpc) is 3.08. The Hall–Kier alpha value is -3.21. The Morgan fingerprint density at radius 1 is 1.00 bits per heavy atom. The van der Waals surface area contributed by atoms with Gasteiger partial charge in [-0.2, -0.15) is 0 Å². The highest BCUT2D eigenvalue weighted by molar-refractivity contribution is 6.03. The lowest BCUT2D eigenvalue weighted by molar-refractivity contribution is 0.102. The van der Waals surface area contributed by atoms with Crippen LogP contribution >= 0.6 is 0 Å². The fourth-order valence-electron chi connectivity index (χ4n) is 3.40. The van der Waals surface area contributed by atoms with Gasteiger partial charge in [0.2, 0.25) is 0 Å². The van der Waals surface area contributed by atoms with E-state index in [1.807, 2.05) is 38.1 Å². The topological polar surface area (TPSA) is 58.1 Å². The van der Waals surface area contributed by atoms with Crippen LogP contribution in [0, 0.1) is 20.8 Å². The van der Waals surface area contributed by atoms with Gasteiger partial charge in [-0.1, -0.05) is 24.3 Å². The summed E-state index contributed by atoms with van der Waals surface area (Å²) in [6.07, 6.45) is 0.976. The van der Waals surface area contributed by atoms with Crippen LogP contribution in [0.5, 0.6) is 0 Å². The van der Waals surface area contributed by atoms with E-state index >= 15 is 0 Å². The number of amides is 1. The molecule has 0 spiro atoms. The van der Waals surface area contributed by atoms with Crippen LogP contribution in [0.15, 0.2) is 48.5 Å². The first-order valence-corrected chi connectivity index (χ1v) is 9.11. The van der Waals surface area contributed by atoms with Crippen molar-refractivity contribution in [1.29, 1.82) is 0 Å². The minimum Gasteiger partial charge on any atom is -0.326 e. The first kappa shape index (κ1) is 17.2. The molecule has 1 aromatic heterocycles. The number of aromatic nitrogens is 2. The van der Waals surface area contributed by atoms with Gasteiger partial charge in [0.1, 0.15) is 17.3 Å². The van der Waals surface area contributed by atoms with Crippen LogP contribution in [-0.2, 0) is 6.42 Å². The van der Waals surface area contributed by atoms with Crippen LogP contribution < -0.4 is 10.2 Å². The second-order valence-electron chi connectivity index (χ2n) is 6.94. The van der Waals surface area contributed by atoms with Crippen LogP contribution in [-0.4, -0.2) is 22.4 Å². The highest BCUT2D eigenvalue weighted by Gasteiger charge is 2.22. The summed E-state index contributed by atoms with van der Waals surface area (Å²) in [6, 6.07) is 16.0. The molecule has 0 unspecified atom stereocenters. The van der Waals surface area contributed by atoms with E-state index in [2.05, 4.69) is 45.3 Å². The summed E-state index contributed by atoms with van der Waals surface area (Å²) in [4.78, 5) is 23.8. The van der Waals surface area contributed by atoms with Crippen molar-refractivity contribution in [1.82, 2.24) is 9.97 Å². The van der Waals surface area contributed by atoms with Crippen LogP contribution in [0.25, 0.3) is 0 Å². The smallest absolute Gasteiger partial charge is 0.274 e. The maximum Gasteiger partial charge on any atom is 0.274 e. The molecule has 4 rings (SSSR count). The van der Waals surface area contributed by atoms with Crippen molar-refractivity contribution in [3.05, 3.63) is 76.7 Å². The summed E-state index contributed by atoms with van der Waals surface area (Å²) in [5.74, 6) is 1.12. The molecule has 3 aromatic rings. The number of hydrogen-bond donors (Lipinski definition) is 1. The number of rotatable bonds is 3. The summed E-state index contributed by atoms with van der Waals surface area (Å²) in [5, 5.41) is 2.94. The lowest BCUT2D eigenvalue weighted by Gasteiger charge is -2.19. The Balaban J connectivity index is 1.63. The van der Waals surface area contributed by atoms with Crippen LogP contribution in [0.2, 0.25) is 0 Å². The van der Waals surface area contributed by atoms with Crippen molar-refractivity contribution in [2.24, 2.45) is 0 Å². The van der Waals surface area contributed by atoms with Crippen molar-refractivity contribution >= 4 is 23.1 Å². The minimum absolute atomic E-state index is 0.225. The molecule has 1 amide bonds. The summed E-state index contributed by atoms with van der Waals surface area (Å²) in [7, 11) is 0. The zero-order valence-electron chi connectivity index (χ0n) is 15.8. The second kappa shape index (κ2) is 6.83. The SMILES string of the molecule is Cc1nc(C(=O)Nc2ccc(C)c(C)c2)cc(N2CCc3ccccc32)n1. The van der Waals surface area contributed by atoms with Gasteiger partial charge in [-0.15, -0.1) is 0 Å². The highest BCUT2D eigenvalue weighted by atomic mass is 16.1. The molecule has 5 nitrogen and oxygen atoms in total. The molecule has 0 aliphatic carbocycles. The molecule has 0 bridgehead atoms. The predicted molar refractivity (Wildman–Crippen MR) is 108 cm³/mol. The van der Waals surface area contributed by atoms with Crippen molar-refractivity contribution in [2.45, 2.75) is 27.2 Å². The standard InChI is InChI=1S/C22H22N4O/c1-14-8-9-18(12-15(14)2)25-22(27)19-13-21(24-16(3)23-19)26-11-10-17-6-4-5-7-20(17)26/h4-9,12-13H,10-11H2,1-3H3,(H,25,27). The Kier molecular flexibility index (Phi) is 4.36. The second-order valence-corrected chi connectivity index (χ2v) is 6.94. The number of aryl methyl sites for hydroxylation is 3. The number of fused-ring (bicyclic) bond motifs is 1. The van der Waals surface area contributed by atoms with Crippen molar-refractivity contribution in [3.63, 3.8) is 0 Å². The first-order chi connectivity index (χ1) is 13.0. The molecule has 0 radical (unpaired) electrons. The number of hydrogen-bond acceptors (Lipinski definition) is 4. The molecule has 1 N–H and O–H groups in total. The van der Waals surface area contributed by atoms with E-state index in [1.54, 1.807) is 6.07 Å². The third-order valence-corrected chi connectivity index (χ3v) is 4.99. The number of para-hydroxylation sites is 1. The molecule has 5 heteroatoms. The average molecular weight is 358 g/mol. The van der Waals surface area contributed by atoms with E-state index in [1.165, 1.54) is 11.1 Å². The maximum absolute atomic E-state index is 12.8. The molecule has 0 saturated carbocycles. The molecule has 1 aliphatic heterocycles. The highest BCUT2D eigenvalue weighted by Crippen LogP contribution is 2.33. The first-order valence-electron chi connectivity index (χ1n) is 9.11. The molecular weight excluding hydrogens is 336 g/mol. The van der Waals surface area contributed by atoms with Gasteiger partial charge in [0.15, 0.2) is 0 Å². The largest absolute Gasteiger partial charge is 0.326 e. The Bertz CT molecular complexity index is 1030. The fourth-order valence-corrected chi connectivity index (χ4v) is 3.40. The zero-order valence-corrected chi connectivity index (χ0v) is 15.8. The van der Waals surface area contributed by atoms with Gasteiger partial charge in [-0.05, 0) is 62.1 Å². The van der Waals surface area contributed by atoms with E-state index in [-0.39, 0.29) is 5.91 Å². The Morgan fingerprint density at radius 2 is 1.81 bits per heavy atom. The molecule has 27 heavy (non-hydrogen) atoms. The van der Waals surface area contributed by atoms with Gasteiger partial charge < -0.3 is 10.2 Å². The molecule has 2 aromatic carbocycles. The number of benzene rings is 2. The fraction of sp³-hybridized carbons (Fsp3) is 0.227. The predicted octanol–water partition coefficient (Wildman–Crippen LogP) is 4.35. The molecule has 0 atom stereocenters. The van der Waals surface area contributed by atoms with Crippen molar-refractivity contribution < 1.29 is 4.79 Å². The third-order valence-electron chi connectivity index (χ3n) is 4.99. The molecule has 136 valence electrons. The summed E-state index contributed by atoms with van der Waals surface area (Å²) >= 11 is 0. The van der Waals surface area contributed by atoms with Crippen LogP contribution in [0.4, 0.5) is 17.2 Å².